The molecular formula is C36H42N8O5. The van der Waals surface area contributed by atoms with Crippen LogP contribution in [0, 0.1) is 5.41 Å². The van der Waals surface area contributed by atoms with Crippen LogP contribution < -0.4 is 20.7 Å². The van der Waals surface area contributed by atoms with Crippen molar-refractivity contribution in [1.82, 2.24) is 24.0 Å². The molecule has 256 valence electrons. The van der Waals surface area contributed by atoms with Gasteiger partial charge in [-0.05, 0) is 73.6 Å². The largest absolute Gasteiger partial charge is 0.465 e. The van der Waals surface area contributed by atoms with Crippen LogP contribution in [0.1, 0.15) is 61.1 Å². The number of pyridine rings is 3. The zero-order chi connectivity index (χ0) is 34.8. The number of rotatable bonds is 6. The third-order valence-corrected chi connectivity index (χ3v) is 10.0. The van der Waals surface area contributed by atoms with Gasteiger partial charge in [-0.25, -0.2) is 14.8 Å². The average Bonchev–Trinajstić information content (AvgIpc) is 3.55. The molecule has 2 aliphatic heterocycles. The van der Waals surface area contributed by atoms with Gasteiger partial charge in [0.05, 0.1) is 18.0 Å². The molecule has 2 amide bonds. The zero-order valence-electron chi connectivity index (χ0n) is 28.5. The highest BCUT2D eigenvalue weighted by Gasteiger charge is 2.38. The SMILES string of the molecule is C[C@H](O)c1c(-c2cc(Nc3ccc(N4CCN(C(=O)O)C[C@@H]4C)cn3)c(=O)n(C)c2)ccnc1N1CCn2c(cc3c2CC(C)(C)C3)C1=O. The quantitative estimate of drug-likeness (QED) is 0.272. The summed E-state index contributed by atoms with van der Waals surface area (Å²) in [5.74, 6) is 0.739. The minimum atomic E-state index is -0.950. The van der Waals surface area contributed by atoms with Gasteiger partial charge in [0.1, 0.15) is 23.0 Å². The van der Waals surface area contributed by atoms with E-state index in [1.165, 1.54) is 20.7 Å². The first-order chi connectivity index (χ1) is 23.3. The molecule has 0 spiro atoms. The fourth-order valence-electron chi connectivity index (χ4n) is 7.69. The monoisotopic (exact) mass is 666 g/mol. The Bertz CT molecular complexity index is 2010. The first-order valence-corrected chi connectivity index (χ1v) is 16.7. The Morgan fingerprint density at radius 3 is 2.55 bits per heavy atom. The smallest absolute Gasteiger partial charge is 0.407 e. The van der Waals surface area contributed by atoms with E-state index in [9.17, 15) is 24.6 Å². The first kappa shape index (κ1) is 32.4. The second kappa shape index (κ2) is 12.1. The van der Waals surface area contributed by atoms with Crippen molar-refractivity contribution in [2.45, 2.75) is 59.2 Å². The van der Waals surface area contributed by atoms with Gasteiger partial charge >= 0.3 is 6.09 Å². The number of hydrogen-bond donors (Lipinski definition) is 3. The molecule has 3 aliphatic rings. The van der Waals surface area contributed by atoms with Crippen molar-refractivity contribution in [3.05, 3.63) is 81.8 Å². The van der Waals surface area contributed by atoms with Crippen LogP contribution in [0.5, 0.6) is 0 Å². The number of aliphatic hydroxyl groups is 1. The van der Waals surface area contributed by atoms with Crippen LogP contribution in [-0.4, -0.2) is 78.4 Å². The maximum atomic E-state index is 13.9. The number of carbonyl (C=O) groups is 2. The molecule has 0 aromatic carbocycles. The molecule has 49 heavy (non-hydrogen) atoms. The zero-order valence-corrected chi connectivity index (χ0v) is 28.5. The summed E-state index contributed by atoms with van der Waals surface area (Å²) in [5, 5.41) is 23.6. The summed E-state index contributed by atoms with van der Waals surface area (Å²) in [6.45, 7) is 10.6. The molecule has 4 aromatic rings. The molecule has 4 aromatic heterocycles. The number of amides is 2. The predicted molar refractivity (Wildman–Crippen MR) is 187 cm³/mol. The topological polar surface area (TPSA) is 149 Å². The van der Waals surface area contributed by atoms with Crippen molar-refractivity contribution in [2.24, 2.45) is 12.5 Å². The molecule has 7 rings (SSSR count). The van der Waals surface area contributed by atoms with Crippen LogP contribution in [-0.2, 0) is 26.4 Å². The van der Waals surface area contributed by atoms with Crippen LogP contribution in [0.3, 0.4) is 0 Å². The standard InChI is InChI=1S/C36H42N8O5/c1-21-19-41(35(48)49)10-11-42(21)25-6-7-30(38-18-25)39-27-14-24(20-40(5)33(27)46)26-8-9-37-32(31(26)22(2)45)44-13-12-43-28(34(44)47)15-23-16-36(3,4)17-29(23)43/h6-9,14-15,18,20-22,45H,10-13,16-17,19H2,1-5H3,(H,38,39)(H,48,49)/t21-,22-/m0/s1. The number of piperazine rings is 1. The van der Waals surface area contributed by atoms with E-state index in [0.717, 1.165) is 18.5 Å². The van der Waals surface area contributed by atoms with E-state index in [2.05, 4.69) is 38.6 Å². The Kier molecular flexibility index (Phi) is 7.97. The molecule has 3 N–H and O–H groups in total. The van der Waals surface area contributed by atoms with E-state index in [1.807, 2.05) is 19.1 Å². The number of aromatic nitrogens is 4. The van der Waals surface area contributed by atoms with Gasteiger partial charge in [0.15, 0.2) is 0 Å². The number of nitrogens with zero attached hydrogens (tertiary/aromatic N) is 7. The van der Waals surface area contributed by atoms with Crippen LogP contribution >= 0.6 is 0 Å². The fraction of sp³-hybridized carbons (Fsp3) is 0.417. The highest BCUT2D eigenvalue weighted by molar-refractivity contribution is 6.06. The minimum absolute atomic E-state index is 0.0123. The lowest BCUT2D eigenvalue weighted by Crippen LogP contribution is -2.53. The number of nitrogens with one attached hydrogen (secondary N) is 1. The Hall–Kier alpha value is -5.17. The van der Waals surface area contributed by atoms with Crippen molar-refractivity contribution >= 4 is 35.0 Å². The number of carboxylic acid groups (broad SMARTS) is 1. The van der Waals surface area contributed by atoms with E-state index in [4.69, 9.17) is 0 Å². The molecule has 1 saturated heterocycles. The van der Waals surface area contributed by atoms with Crippen LogP contribution in [0.25, 0.3) is 11.1 Å². The molecule has 0 bridgehead atoms. The summed E-state index contributed by atoms with van der Waals surface area (Å²) < 4.78 is 3.63. The predicted octanol–water partition coefficient (Wildman–Crippen LogP) is 4.41. The van der Waals surface area contributed by atoms with E-state index in [0.29, 0.717) is 72.4 Å². The van der Waals surface area contributed by atoms with Gasteiger partial charge < -0.3 is 34.5 Å². The van der Waals surface area contributed by atoms with Crippen molar-refractivity contribution in [2.75, 3.05) is 41.3 Å². The summed E-state index contributed by atoms with van der Waals surface area (Å²) in [4.78, 5) is 53.0. The van der Waals surface area contributed by atoms with Gasteiger partial charge in [0.25, 0.3) is 11.5 Å². The lowest BCUT2D eigenvalue weighted by Gasteiger charge is -2.39. The Labute approximate surface area is 284 Å². The molecule has 13 heteroatoms. The van der Waals surface area contributed by atoms with Gasteiger partial charge in [0, 0.05) is 75.0 Å². The van der Waals surface area contributed by atoms with Gasteiger partial charge in [-0.15, -0.1) is 0 Å². The van der Waals surface area contributed by atoms with Crippen LogP contribution in [0.15, 0.2) is 53.7 Å². The van der Waals surface area contributed by atoms with Crippen molar-refractivity contribution < 1.29 is 19.8 Å². The third-order valence-electron chi connectivity index (χ3n) is 10.0. The van der Waals surface area contributed by atoms with Crippen molar-refractivity contribution in [3.63, 3.8) is 0 Å². The summed E-state index contributed by atoms with van der Waals surface area (Å²) in [7, 11) is 1.67. The van der Waals surface area contributed by atoms with E-state index in [-0.39, 0.29) is 22.9 Å². The summed E-state index contributed by atoms with van der Waals surface area (Å²) in [5.41, 5.74) is 6.05. The van der Waals surface area contributed by atoms with E-state index in [1.54, 1.807) is 55.7 Å². The van der Waals surface area contributed by atoms with Crippen LogP contribution in [0.2, 0.25) is 0 Å². The maximum absolute atomic E-state index is 13.9. The third kappa shape index (κ3) is 5.81. The Morgan fingerprint density at radius 1 is 1.06 bits per heavy atom. The summed E-state index contributed by atoms with van der Waals surface area (Å²) >= 11 is 0. The molecular weight excluding hydrogens is 624 g/mol. The normalized spacial score (nSPS) is 19.1. The number of anilines is 4. The fourth-order valence-corrected chi connectivity index (χ4v) is 7.69. The molecule has 0 saturated carbocycles. The lowest BCUT2D eigenvalue weighted by atomic mass is 9.90. The van der Waals surface area contributed by atoms with Gasteiger partial charge in [-0.1, -0.05) is 13.8 Å². The van der Waals surface area contributed by atoms with Crippen molar-refractivity contribution in [1.29, 1.82) is 0 Å². The van der Waals surface area contributed by atoms with Gasteiger partial charge in [0.2, 0.25) is 0 Å². The molecule has 2 atom stereocenters. The summed E-state index contributed by atoms with van der Waals surface area (Å²) in [6.07, 6.45) is 5.07. The first-order valence-electron chi connectivity index (χ1n) is 16.7. The van der Waals surface area contributed by atoms with Gasteiger partial charge in [-0.3, -0.25) is 14.5 Å². The molecule has 6 heterocycles. The molecule has 1 fully saturated rings. The number of carbonyl (C=O) groups excluding carboxylic acids is 1. The molecule has 13 nitrogen and oxygen atoms in total. The maximum Gasteiger partial charge on any atom is 0.407 e. The minimum Gasteiger partial charge on any atom is -0.465 e. The average molecular weight is 667 g/mol. The lowest BCUT2D eigenvalue weighted by molar-refractivity contribution is 0.0962. The highest BCUT2D eigenvalue weighted by atomic mass is 16.4. The van der Waals surface area contributed by atoms with E-state index >= 15 is 0 Å². The molecule has 0 radical (unpaired) electrons. The highest BCUT2D eigenvalue weighted by Crippen LogP contribution is 2.41. The second-order valence-corrected chi connectivity index (χ2v) is 14.3. The Morgan fingerprint density at radius 2 is 1.86 bits per heavy atom. The molecule has 1 aliphatic carbocycles. The second-order valence-electron chi connectivity index (χ2n) is 14.3. The van der Waals surface area contributed by atoms with Gasteiger partial charge in [-0.2, -0.15) is 0 Å². The summed E-state index contributed by atoms with van der Waals surface area (Å²) in [6, 6.07) is 9.22. The van der Waals surface area contributed by atoms with Crippen molar-refractivity contribution in [3.8, 4) is 11.1 Å². The van der Waals surface area contributed by atoms with E-state index < -0.39 is 12.2 Å². The Balaban J connectivity index is 1.17. The number of aliphatic hydroxyl groups excluding tert-OH is 1. The number of fused-ring (bicyclic) bond motifs is 3. The number of hydrogen-bond acceptors (Lipinski definition) is 8. The molecule has 0 unspecified atom stereocenters. The van der Waals surface area contributed by atoms with Crippen LogP contribution in [0.4, 0.5) is 27.8 Å². The number of aryl methyl sites for hydroxylation is 1.